The Labute approximate surface area is 211 Å². The number of hydrogen-bond donors (Lipinski definition) is 3. The van der Waals surface area contributed by atoms with E-state index in [0.717, 1.165) is 6.20 Å². The summed E-state index contributed by atoms with van der Waals surface area (Å²) in [5.74, 6) is -0.0336. The van der Waals surface area contributed by atoms with E-state index < -0.39 is 11.7 Å². The number of hydrogen-bond acceptors (Lipinski definition) is 9. The molecule has 36 heavy (non-hydrogen) atoms. The van der Waals surface area contributed by atoms with Gasteiger partial charge in [-0.15, -0.1) is 0 Å². The Hall–Kier alpha value is -3.58. The average molecular weight is 522 g/mol. The van der Waals surface area contributed by atoms with E-state index in [2.05, 4.69) is 30.9 Å². The first-order chi connectivity index (χ1) is 17.2. The number of ether oxygens (including phenoxy) is 1. The predicted octanol–water partition coefficient (Wildman–Crippen LogP) is 4.34. The van der Waals surface area contributed by atoms with Crippen molar-refractivity contribution in [1.82, 2.24) is 20.3 Å². The first kappa shape index (κ1) is 27.0. The van der Waals surface area contributed by atoms with Crippen molar-refractivity contribution in [2.24, 2.45) is 0 Å². The molecule has 0 saturated carbocycles. The molecule has 0 bridgehead atoms. The number of alkyl halides is 3. The minimum atomic E-state index is -4.65. The quantitative estimate of drug-likeness (QED) is 0.251. The summed E-state index contributed by atoms with van der Waals surface area (Å²) in [4.78, 5) is 24.3. The van der Waals surface area contributed by atoms with E-state index in [0.29, 0.717) is 35.8 Å². The minimum Gasteiger partial charge on any atom is -0.383 e. The van der Waals surface area contributed by atoms with Crippen molar-refractivity contribution in [2.45, 2.75) is 12.7 Å². The first-order valence-electron chi connectivity index (χ1n) is 10.8. The monoisotopic (exact) mass is 521 g/mol. The van der Waals surface area contributed by atoms with Crippen LogP contribution in [0.3, 0.4) is 0 Å². The molecule has 3 N–H and O–H groups in total. The Morgan fingerprint density at radius 3 is 2.58 bits per heavy atom. The lowest BCUT2D eigenvalue weighted by Crippen LogP contribution is -2.26. The molecule has 3 rings (SSSR count). The molecule has 3 aromatic rings. The van der Waals surface area contributed by atoms with Crippen LogP contribution in [0.4, 0.5) is 36.4 Å². The molecule has 0 aliphatic heterocycles. The van der Waals surface area contributed by atoms with Crippen molar-refractivity contribution in [3.8, 4) is 0 Å². The topological polar surface area (TPSA) is 104 Å². The second-order valence-corrected chi connectivity index (χ2v) is 8.34. The molecule has 0 spiro atoms. The van der Waals surface area contributed by atoms with Crippen LogP contribution in [0.5, 0.6) is 0 Å². The fourth-order valence-electron chi connectivity index (χ4n) is 3.10. The number of aromatic nitrogens is 3. The number of nitrogens with zero attached hydrogens (tertiary/aromatic N) is 4. The van der Waals surface area contributed by atoms with Gasteiger partial charge in [0.15, 0.2) is 0 Å². The summed E-state index contributed by atoms with van der Waals surface area (Å²) in [5.41, 5.74) is 0.648. The van der Waals surface area contributed by atoms with E-state index in [1.807, 2.05) is 17.6 Å². The lowest BCUT2D eigenvalue weighted by molar-refractivity contribution is -0.137. The maximum Gasteiger partial charge on any atom is 0.421 e. The number of rotatable bonds is 11. The van der Waals surface area contributed by atoms with Crippen LogP contribution in [0.25, 0.3) is 0 Å². The summed E-state index contributed by atoms with van der Waals surface area (Å²) in [7, 11) is 3.36. The van der Waals surface area contributed by atoms with Crippen molar-refractivity contribution in [1.29, 1.82) is 0 Å². The summed E-state index contributed by atoms with van der Waals surface area (Å²) in [6.45, 7) is 0.836. The highest BCUT2D eigenvalue weighted by atomic mass is 32.2. The van der Waals surface area contributed by atoms with Gasteiger partial charge in [0.2, 0.25) is 5.95 Å². The van der Waals surface area contributed by atoms with Crippen LogP contribution in [-0.4, -0.2) is 54.4 Å². The third kappa shape index (κ3) is 7.21. The SMILES string of the molecule is COCCNC(=O)c1ccc(Nc2ncc(C(F)(F)F)c(NCc3cccnc3N(C)SC)n2)cc1. The fraction of sp³-hybridized carbons (Fsp3) is 0.304. The zero-order valence-corrected chi connectivity index (χ0v) is 20.7. The molecule has 2 heterocycles. The Morgan fingerprint density at radius 2 is 1.92 bits per heavy atom. The number of carbonyl (C=O) groups is 1. The van der Waals surface area contributed by atoms with Crippen LogP contribution in [0, 0.1) is 0 Å². The largest absolute Gasteiger partial charge is 0.421 e. The van der Waals surface area contributed by atoms with Gasteiger partial charge in [0.1, 0.15) is 17.2 Å². The molecule has 0 atom stereocenters. The molecule has 13 heteroatoms. The van der Waals surface area contributed by atoms with Crippen LogP contribution in [0.2, 0.25) is 0 Å². The zero-order chi connectivity index (χ0) is 26.1. The fourth-order valence-corrected chi connectivity index (χ4v) is 3.44. The normalized spacial score (nSPS) is 11.2. The molecule has 1 amide bonds. The van der Waals surface area contributed by atoms with Crippen LogP contribution in [0.15, 0.2) is 48.8 Å². The van der Waals surface area contributed by atoms with E-state index >= 15 is 0 Å². The standard InChI is InChI=1S/C23H26F3N7O2S/c1-33(36-3)20-16(5-4-10-27-20)13-29-19-18(23(24,25)26)14-30-22(32-19)31-17-8-6-15(7-9-17)21(34)28-11-12-35-2/h4-10,14H,11-13H2,1-3H3,(H,28,34)(H2,29,30,31,32). The van der Waals surface area contributed by atoms with Crippen LogP contribution >= 0.6 is 11.9 Å². The lowest BCUT2D eigenvalue weighted by atomic mass is 10.2. The van der Waals surface area contributed by atoms with E-state index in [4.69, 9.17) is 4.74 Å². The maximum atomic E-state index is 13.6. The van der Waals surface area contributed by atoms with Gasteiger partial charge in [-0.25, -0.2) is 9.97 Å². The summed E-state index contributed by atoms with van der Waals surface area (Å²) >= 11 is 1.43. The number of methoxy groups -OCH3 is 1. The Bertz CT molecular complexity index is 1160. The number of halogens is 3. The molecular weight excluding hydrogens is 495 g/mol. The minimum absolute atomic E-state index is 0.0320. The number of carbonyl (C=O) groups excluding carboxylic acids is 1. The van der Waals surface area contributed by atoms with Gasteiger partial charge in [0.05, 0.1) is 6.61 Å². The van der Waals surface area contributed by atoms with Gasteiger partial charge in [-0.05, 0) is 30.3 Å². The highest BCUT2D eigenvalue weighted by Gasteiger charge is 2.35. The Kier molecular flexibility index (Phi) is 9.31. The predicted molar refractivity (Wildman–Crippen MR) is 134 cm³/mol. The molecule has 0 aliphatic rings. The maximum absolute atomic E-state index is 13.6. The Balaban J connectivity index is 1.77. The second-order valence-electron chi connectivity index (χ2n) is 7.42. The number of anilines is 4. The molecule has 0 unspecified atom stereocenters. The summed E-state index contributed by atoms with van der Waals surface area (Å²) in [6, 6.07) is 9.88. The first-order valence-corrected chi connectivity index (χ1v) is 11.9. The molecule has 0 fully saturated rings. The van der Waals surface area contributed by atoms with Gasteiger partial charge in [0, 0.05) is 62.7 Å². The molecule has 1 aromatic carbocycles. The Morgan fingerprint density at radius 1 is 1.17 bits per heavy atom. The highest BCUT2D eigenvalue weighted by molar-refractivity contribution is 7.99. The number of amides is 1. The third-order valence-corrected chi connectivity index (χ3v) is 5.70. The number of pyridine rings is 1. The van der Waals surface area contributed by atoms with Gasteiger partial charge < -0.3 is 25.0 Å². The van der Waals surface area contributed by atoms with Crippen molar-refractivity contribution < 1.29 is 22.7 Å². The van der Waals surface area contributed by atoms with Crippen molar-refractivity contribution in [2.75, 3.05) is 48.5 Å². The van der Waals surface area contributed by atoms with Crippen LogP contribution in [-0.2, 0) is 17.5 Å². The van der Waals surface area contributed by atoms with E-state index in [1.54, 1.807) is 42.6 Å². The second kappa shape index (κ2) is 12.4. The summed E-state index contributed by atoms with van der Waals surface area (Å²) in [5, 5.41) is 8.36. The molecular formula is C23H26F3N7O2S. The van der Waals surface area contributed by atoms with Gasteiger partial charge in [-0.3, -0.25) is 4.79 Å². The van der Waals surface area contributed by atoms with Gasteiger partial charge >= 0.3 is 6.18 Å². The van der Waals surface area contributed by atoms with Crippen LogP contribution in [0.1, 0.15) is 21.5 Å². The van der Waals surface area contributed by atoms with Crippen molar-refractivity contribution >= 4 is 41.1 Å². The van der Waals surface area contributed by atoms with E-state index in [1.165, 1.54) is 19.1 Å². The smallest absolute Gasteiger partial charge is 0.383 e. The van der Waals surface area contributed by atoms with Gasteiger partial charge in [-0.1, -0.05) is 18.0 Å². The van der Waals surface area contributed by atoms with Crippen molar-refractivity contribution in [3.05, 3.63) is 65.5 Å². The van der Waals surface area contributed by atoms with Gasteiger partial charge in [0.25, 0.3) is 5.91 Å². The molecule has 0 aliphatic carbocycles. The molecule has 0 radical (unpaired) electrons. The summed E-state index contributed by atoms with van der Waals surface area (Å²) < 4.78 is 47.6. The molecule has 9 nitrogen and oxygen atoms in total. The third-order valence-electron chi connectivity index (χ3n) is 4.98. The van der Waals surface area contributed by atoms with E-state index in [9.17, 15) is 18.0 Å². The molecule has 0 saturated heterocycles. The van der Waals surface area contributed by atoms with Gasteiger partial charge in [-0.2, -0.15) is 18.2 Å². The van der Waals surface area contributed by atoms with Crippen LogP contribution < -0.4 is 20.3 Å². The molecule has 192 valence electrons. The molecule has 2 aromatic heterocycles. The number of benzene rings is 1. The van der Waals surface area contributed by atoms with E-state index in [-0.39, 0.29) is 24.2 Å². The summed E-state index contributed by atoms with van der Waals surface area (Å²) in [6.07, 6.45) is -0.426. The highest BCUT2D eigenvalue weighted by Crippen LogP contribution is 2.34. The zero-order valence-electron chi connectivity index (χ0n) is 19.9. The average Bonchev–Trinajstić information content (AvgIpc) is 2.87. The number of nitrogens with one attached hydrogen (secondary N) is 3. The van der Waals surface area contributed by atoms with Crippen molar-refractivity contribution in [3.63, 3.8) is 0 Å². The lowest BCUT2D eigenvalue weighted by Gasteiger charge is -2.19.